The van der Waals surface area contributed by atoms with Gasteiger partial charge in [-0.3, -0.25) is 9.80 Å². The first-order chi connectivity index (χ1) is 12.6. The first-order valence-electron chi connectivity index (χ1n) is 8.28. The zero-order chi connectivity index (χ0) is 20.5. The highest BCUT2D eigenvalue weighted by atomic mass is 16.6. The lowest BCUT2D eigenvalue weighted by Gasteiger charge is -2.23. The van der Waals surface area contributed by atoms with Gasteiger partial charge in [0, 0.05) is 26.2 Å². The Morgan fingerprint density at radius 1 is 1.33 bits per heavy atom. The van der Waals surface area contributed by atoms with E-state index in [4.69, 9.17) is 9.47 Å². The minimum absolute atomic E-state index is 0.100. The molecule has 0 N–H and O–H groups in total. The number of ether oxygens (including phenoxy) is 2. The van der Waals surface area contributed by atoms with E-state index in [9.17, 15) is 4.79 Å². The van der Waals surface area contributed by atoms with Gasteiger partial charge in [-0.2, -0.15) is 5.10 Å². The number of carbonyl (C=O) groups excluding carboxylic acids is 1. The summed E-state index contributed by atoms with van der Waals surface area (Å²) in [5, 5.41) is 5.15. The molecule has 0 saturated carbocycles. The van der Waals surface area contributed by atoms with Crippen molar-refractivity contribution in [2.45, 2.75) is 38.9 Å². The number of rotatable bonds is 7. The molecule has 7 nitrogen and oxygen atoms in total. The van der Waals surface area contributed by atoms with Gasteiger partial charge in [0.05, 0.1) is 5.70 Å². The number of aromatic nitrogens is 2. The van der Waals surface area contributed by atoms with Gasteiger partial charge >= 0.3 is 5.97 Å². The van der Waals surface area contributed by atoms with Gasteiger partial charge in [0.1, 0.15) is 17.7 Å². The number of carbonyl (C=O) groups is 1. The molecule has 0 fully saturated rings. The van der Waals surface area contributed by atoms with E-state index in [-0.39, 0.29) is 6.54 Å². The molecule has 27 heavy (non-hydrogen) atoms. The van der Waals surface area contributed by atoms with Gasteiger partial charge in [-0.1, -0.05) is 12.5 Å². The number of hydrogen-bond acceptors (Lipinski definition) is 7. The zero-order valence-corrected chi connectivity index (χ0v) is 16.5. The molecular formula is C20H26N4O3. The van der Waals surface area contributed by atoms with Crippen LogP contribution in [-0.2, 0) is 14.3 Å². The van der Waals surface area contributed by atoms with Crippen LogP contribution in [0.4, 0.5) is 0 Å². The molecule has 7 heteroatoms. The molecule has 0 aliphatic carbocycles. The van der Waals surface area contributed by atoms with Crippen molar-refractivity contribution in [3.63, 3.8) is 0 Å². The molecule has 0 amide bonds. The summed E-state index contributed by atoms with van der Waals surface area (Å²) < 4.78 is 10.7. The molecular weight excluding hydrogens is 344 g/mol. The van der Waals surface area contributed by atoms with Crippen molar-refractivity contribution in [3.05, 3.63) is 48.7 Å². The molecule has 1 aromatic heterocycles. The Kier molecular flexibility index (Phi) is 7.88. The van der Waals surface area contributed by atoms with E-state index < -0.39 is 17.2 Å². The average molecular weight is 370 g/mol. The van der Waals surface area contributed by atoms with Crippen molar-refractivity contribution in [1.29, 1.82) is 0 Å². The quantitative estimate of drug-likeness (QED) is 0.241. The third-order valence-electron chi connectivity index (χ3n) is 3.21. The van der Waals surface area contributed by atoms with Crippen molar-refractivity contribution in [2.75, 3.05) is 13.7 Å². The molecule has 0 saturated heterocycles. The van der Waals surface area contributed by atoms with Crippen LogP contribution in [0.25, 0.3) is 0 Å². The van der Waals surface area contributed by atoms with E-state index in [0.717, 1.165) is 0 Å². The summed E-state index contributed by atoms with van der Waals surface area (Å²) in [7, 11) is 1.54. The van der Waals surface area contributed by atoms with Gasteiger partial charge in [-0.05, 0) is 51.8 Å². The van der Waals surface area contributed by atoms with E-state index in [2.05, 4.69) is 40.2 Å². The van der Waals surface area contributed by atoms with Crippen LogP contribution >= 0.6 is 0 Å². The Balaban J connectivity index is 2.84. The van der Waals surface area contributed by atoms with Crippen molar-refractivity contribution in [3.8, 4) is 11.8 Å². The Morgan fingerprint density at radius 2 is 1.96 bits per heavy atom. The molecule has 144 valence electrons. The SMILES string of the molecule is C=NN(CC(=O)OC(C)(C)C)C(=C)/C=C\C(C)(C#Cc1ncccn1)OC. The highest BCUT2D eigenvalue weighted by Crippen LogP contribution is 2.14. The second-order valence-electron chi connectivity index (χ2n) is 6.74. The third-order valence-corrected chi connectivity index (χ3v) is 3.21. The fraction of sp³-hybridized carbons (Fsp3) is 0.400. The first-order valence-corrected chi connectivity index (χ1v) is 8.28. The van der Waals surface area contributed by atoms with Crippen LogP contribution in [0.3, 0.4) is 0 Å². The van der Waals surface area contributed by atoms with Gasteiger partial charge in [-0.25, -0.2) is 9.97 Å². The fourth-order valence-electron chi connectivity index (χ4n) is 1.78. The maximum Gasteiger partial charge on any atom is 0.328 e. The summed E-state index contributed by atoms with van der Waals surface area (Å²) in [5.41, 5.74) is -1.04. The van der Waals surface area contributed by atoms with Crippen molar-refractivity contribution in [1.82, 2.24) is 15.0 Å². The monoisotopic (exact) mass is 370 g/mol. The van der Waals surface area contributed by atoms with E-state index >= 15 is 0 Å². The lowest BCUT2D eigenvalue weighted by Crippen LogP contribution is -2.31. The number of hydrazone groups is 1. The number of methoxy groups -OCH3 is 1. The molecule has 0 aromatic carbocycles. The molecule has 0 aliphatic heterocycles. The van der Waals surface area contributed by atoms with E-state index in [0.29, 0.717) is 11.5 Å². The van der Waals surface area contributed by atoms with Crippen LogP contribution in [0.2, 0.25) is 0 Å². The second kappa shape index (κ2) is 9.64. The summed E-state index contributed by atoms with van der Waals surface area (Å²) in [6.45, 7) is 14.4. The fourth-order valence-corrected chi connectivity index (χ4v) is 1.78. The molecule has 0 radical (unpaired) electrons. The predicted octanol–water partition coefficient (Wildman–Crippen LogP) is 2.56. The lowest BCUT2D eigenvalue weighted by atomic mass is 10.1. The standard InChI is InChI=1S/C20H26N4O3/c1-16(24(21-6)15-18(25)27-19(2,3)4)9-11-20(5,26-7)12-10-17-22-13-8-14-23-17/h8-9,11,13-14H,1,6,15H2,2-5,7H3/b11-9-. The summed E-state index contributed by atoms with van der Waals surface area (Å²) in [5.74, 6) is 5.79. The lowest BCUT2D eigenvalue weighted by molar-refractivity contribution is -0.155. The van der Waals surface area contributed by atoms with Crippen molar-refractivity contribution < 1.29 is 14.3 Å². The zero-order valence-electron chi connectivity index (χ0n) is 16.5. The van der Waals surface area contributed by atoms with Gasteiger partial charge in [0.25, 0.3) is 0 Å². The molecule has 0 bridgehead atoms. The van der Waals surface area contributed by atoms with E-state index in [1.54, 1.807) is 58.3 Å². The van der Waals surface area contributed by atoms with Gasteiger partial charge in [0.15, 0.2) is 0 Å². The van der Waals surface area contributed by atoms with Crippen molar-refractivity contribution >= 4 is 12.7 Å². The smallest absolute Gasteiger partial charge is 0.328 e. The molecule has 1 aromatic rings. The minimum atomic E-state index is -0.902. The maximum atomic E-state index is 12.0. The normalized spacial score (nSPS) is 13.2. The summed E-state index contributed by atoms with van der Waals surface area (Å²) in [4.78, 5) is 20.1. The third kappa shape index (κ3) is 8.29. The molecule has 1 rings (SSSR count). The van der Waals surface area contributed by atoms with Crippen LogP contribution < -0.4 is 0 Å². The number of nitrogens with zero attached hydrogens (tertiary/aromatic N) is 4. The van der Waals surface area contributed by atoms with Crippen LogP contribution in [0.15, 0.2) is 48.0 Å². The van der Waals surface area contributed by atoms with Crippen molar-refractivity contribution in [2.24, 2.45) is 5.10 Å². The van der Waals surface area contributed by atoms with Crippen LogP contribution in [0.5, 0.6) is 0 Å². The molecule has 0 spiro atoms. The molecule has 1 heterocycles. The highest BCUT2D eigenvalue weighted by Gasteiger charge is 2.20. The highest BCUT2D eigenvalue weighted by molar-refractivity contribution is 5.72. The Hall–Kier alpha value is -2.98. The number of esters is 1. The molecule has 1 unspecified atom stereocenters. The summed E-state index contributed by atoms with van der Waals surface area (Å²) >= 11 is 0. The van der Waals surface area contributed by atoms with Gasteiger partial charge in [0.2, 0.25) is 5.82 Å². The van der Waals surface area contributed by atoms with E-state index in [1.807, 2.05) is 0 Å². The Labute approximate surface area is 160 Å². The maximum absolute atomic E-state index is 12.0. The van der Waals surface area contributed by atoms with E-state index in [1.165, 1.54) is 12.1 Å². The van der Waals surface area contributed by atoms with Crippen LogP contribution in [0, 0.1) is 11.8 Å². The minimum Gasteiger partial charge on any atom is -0.459 e. The largest absolute Gasteiger partial charge is 0.459 e. The summed E-state index contributed by atoms with van der Waals surface area (Å²) in [6.07, 6.45) is 6.59. The Morgan fingerprint density at radius 3 is 2.48 bits per heavy atom. The number of hydrogen-bond donors (Lipinski definition) is 0. The number of allylic oxidation sites excluding steroid dienone is 1. The molecule has 0 aliphatic rings. The average Bonchev–Trinajstić information content (AvgIpc) is 2.62. The molecule has 1 atom stereocenters. The van der Waals surface area contributed by atoms with Crippen LogP contribution in [-0.4, -0.2) is 52.5 Å². The summed E-state index contributed by atoms with van der Waals surface area (Å²) in [6, 6.07) is 1.71. The predicted molar refractivity (Wildman–Crippen MR) is 105 cm³/mol. The second-order valence-corrected chi connectivity index (χ2v) is 6.74. The van der Waals surface area contributed by atoms with Gasteiger partial charge < -0.3 is 9.47 Å². The van der Waals surface area contributed by atoms with Gasteiger partial charge in [-0.15, -0.1) is 0 Å². The van der Waals surface area contributed by atoms with Crippen LogP contribution in [0.1, 0.15) is 33.5 Å². The first kappa shape index (κ1) is 22.1. The topological polar surface area (TPSA) is 76.9 Å². The Bertz CT molecular complexity index is 757.